The van der Waals surface area contributed by atoms with E-state index in [2.05, 4.69) is 19.7 Å². The predicted octanol–water partition coefficient (Wildman–Crippen LogP) is 2.36. The third-order valence-corrected chi connectivity index (χ3v) is 0.851. The van der Waals surface area contributed by atoms with E-state index in [9.17, 15) is 0 Å². The molecule has 0 rings (SSSR count). The molecule has 0 spiro atoms. The molecule has 0 aromatic carbocycles. The Morgan fingerprint density at radius 2 is 1.89 bits per heavy atom. The Labute approximate surface area is 55.3 Å². The first-order chi connectivity index (χ1) is 4.22. The zero-order chi connectivity index (χ0) is 7.28. The van der Waals surface area contributed by atoms with Gasteiger partial charge < -0.3 is 5.11 Å². The Morgan fingerprint density at radius 1 is 1.33 bits per heavy atom. The quantitative estimate of drug-likeness (QED) is 0.450. The lowest BCUT2D eigenvalue weighted by atomic mass is 10.2. The minimum absolute atomic E-state index is 0.0184. The van der Waals surface area contributed by atoms with Gasteiger partial charge in [-0.1, -0.05) is 38.0 Å². The van der Waals surface area contributed by atoms with Crippen molar-refractivity contribution in [3.05, 3.63) is 49.3 Å². The summed E-state index contributed by atoms with van der Waals surface area (Å²) in [6.45, 7) is 10.2. The zero-order valence-electron chi connectivity index (χ0n) is 5.30. The standard InChI is InChI=1S/C8H10O/c1-4-6-8(5-2)7(3)9/h4-6,9H,1-3H2/b8-6+. The zero-order valence-corrected chi connectivity index (χ0v) is 5.30. The summed E-state index contributed by atoms with van der Waals surface area (Å²) in [6.07, 6.45) is 4.72. The van der Waals surface area contributed by atoms with Gasteiger partial charge in [-0.05, 0) is 0 Å². The van der Waals surface area contributed by atoms with E-state index in [-0.39, 0.29) is 5.76 Å². The fourth-order valence-electron chi connectivity index (χ4n) is 0.409. The molecular formula is C8H10O. The van der Waals surface area contributed by atoms with Gasteiger partial charge in [0.05, 0.1) is 0 Å². The van der Waals surface area contributed by atoms with Crippen molar-refractivity contribution in [1.29, 1.82) is 0 Å². The Morgan fingerprint density at radius 3 is 2.00 bits per heavy atom. The Bertz CT molecular complexity index is 163. The van der Waals surface area contributed by atoms with Gasteiger partial charge in [0.25, 0.3) is 0 Å². The fourth-order valence-corrected chi connectivity index (χ4v) is 0.409. The van der Waals surface area contributed by atoms with Crippen LogP contribution in [0.4, 0.5) is 0 Å². The van der Waals surface area contributed by atoms with Gasteiger partial charge in [0.15, 0.2) is 0 Å². The van der Waals surface area contributed by atoms with E-state index in [0.29, 0.717) is 5.57 Å². The Hall–Kier alpha value is -1.24. The van der Waals surface area contributed by atoms with Gasteiger partial charge in [-0.2, -0.15) is 0 Å². The van der Waals surface area contributed by atoms with E-state index in [4.69, 9.17) is 5.11 Å². The lowest BCUT2D eigenvalue weighted by molar-refractivity contribution is 0.429. The molecule has 48 valence electrons. The first-order valence-corrected chi connectivity index (χ1v) is 2.55. The van der Waals surface area contributed by atoms with Gasteiger partial charge >= 0.3 is 0 Å². The van der Waals surface area contributed by atoms with Gasteiger partial charge in [-0.3, -0.25) is 0 Å². The van der Waals surface area contributed by atoms with Gasteiger partial charge in [0, 0.05) is 5.57 Å². The van der Waals surface area contributed by atoms with Crippen LogP contribution < -0.4 is 0 Å². The van der Waals surface area contributed by atoms with Crippen molar-refractivity contribution in [3.8, 4) is 0 Å². The molecule has 0 atom stereocenters. The minimum atomic E-state index is 0.0184. The SMILES string of the molecule is C=C/C=C(\C=C)C(=C)O. The van der Waals surface area contributed by atoms with Crippen LogP contribution in [0, 0.1) is 0 Å². The lowest BCUT2D eigenvalue weighted by Gasteiger charge is -1.93. The summed E-state index contributed by atoms with van der Waals surface area (Å²) in [7, 11) is 0. The maximum absolute atomic E-state index is 8.76. The summed E-state index contributed by atoms with van der Waals surface area (Å²) in [4.78, 5) is 0. The maximum Gasteiger partial charge on any atom is 0.115 e. The highest BCUT2D eigenvalue weighted by Gasteiger charge is 1.89. The summed E-state index contributed by atoms with van der Waals surface area (Å²) in [5, 5.41) is 8.76. The molecule has 0 bridgehead atoms. The molecule has 0 amide bonds. The van der Waals surface area contributed by atoms with Crippen molar-refractivity contribution in [2.24, 2.45) is 0 Å². The van der Waals surface area contributed by atoms with Crippen LogP contribution in [0.5, 0.6) is 0 Å². The average Bonchev–Trinajstić information content (AvgIpc) is 1.82. The molecule has 9 heavy (non-hydrogen) atoms. The van der Waals surface area contributed by atoms with Crippen molar-refractivity contribution in [2.45, 2.75) is 0 Å². The van der Waals surface area contributed by atoms with Crippen LogP contribution in [0.1, 0.15) is 0 Å². The third-order valence-electron chi connectivity index (χ3n) is 0.851. The number of aliphatic hydroxyl groups is 1. The summed E-state index contributed by atoms with van der Waals surface area (Å²) in [6, 6.07) is 0. The van der Waals surface area contributed by atoms with Crippen molar-refractivity contribution in [3.63, 3.8) is 0 Å². The summed E-state index contributed by atoms with van der Waals surface area (Å²) < 4.78 is 0. The third kappa shape index (κ3) is 2.54. The largest absolute Gasteiger partial charge is 0.508 e. The van der Waals surface area contributed by atoms with Gasteiger partial charge in [-0.15, -0.1) is 0 Å². The second-order valence-corrected chi connectivity index (χ2v) is 1.51. The van der Waals surface area contributed by atoms with Crippen LogP contribution in [0.3, 0.4) is 0 Å². The molecule has 0 heterocycles. The van der Waals surface area contributed by atoms with E-state index < -0.39 is 0 Å². The second kappa shape index (κ2) is 3.72. The Kier molecular flexibility index (Phi) is 3.21. The monoisotopic (exact) mass is 122 g/mol. The molecule has 0 radical (unpaired) electrons. The molecular weight excluding hydrogens is 112 g/mol. The summed E-state index contributed by atoms with van der Waals surface area (Å²) >= 11 is 0. The number of allylic oxidation sites excluding steroid dienone is 3. The summed E-state index contributed by atoms with van der Waals surface area (Å²) in [5.41, 5.74) is 0.602. The molecule has 0 aliphatic carbocycles. The van der Waals surface area contributed by atoms with Gasteiger partial charge in [0.1, 0.15) is 5.76 Å². The van der Waals surface area contributed by atoms with E-state index >= 15 is 0 Å². The highest BCUT2D eigenvalue weighted by atomic mass is 16.3. The van der Waals surface area contributed by atoms with E-state index in [1.165, 1.54) is 6.08 Å². The van der Waals surface area contributed by atoms with Crippen LogP contribution in [0.2, 0.25) is 0 Å². The smallest absolute Gasteiger partial charge is 0.115 e. The van der Waals surface area contributed by atoms with E-state index in [0.717, 1.165) is 0 Å². The van der Waals surface area contributed by atoms with Gasteiger partial charge in [-0.25, -0.2) is 0 Å². The molecule has 0 aliphatic rings. The summed E-state index contributed by atoms with van der Waals surface area (Å²) in [5.74, 6) is 0.0184. The van der Waals surface area contributed by atoms with Crippen LogP contribution in [0.15, 0.2) is 49.3 Å². The molecule has 0 saturated carbocycles. The molecule has 0 fully saturated rings. The molecule has 0 saturated heterocycles. The normalized spacial score (nSPS) is 10.4. The first-order valence-electron chi connectivity index (χ1n) is 2.55. The highest BCUT2D eigenvalue weighted by Crippen LogP contribution is 2.03. The molecule has 0 aromatic rings. The lowest BCUT2D eigenvalue weighted by Crippen LogP contribution is -1.79. The van der Waals surface area contributed by atoms with Crippen molar-refractivity contribution >= 4 is 0 Å². The number of hydrogen-bond donors (Lipinski definition) is 1. The van der Waals surface area contributed by atoms with Crippen LogP contribution >= 0.6 is 0 Å². The molecule has 1 nitrogen and oxygen atoms in total. The van der Waals surface area contributed by atoms with Crippen LogP contribution in [-0.2, 0) is 0 Å². The molecule has 0 unspecified atom stereocenters. The van der Waals surface area contributed by atoms with Crippen molar-refractivity contribution < 1.29 is 5.11 Å². The molecule has 1 N–H and O–H groups in total. The van der Waals surface area contributed by atoms with Crippen LogP contribution in [-0.4, -0.2) is 5.11 Å². The average molecular weight is 122 g/mol. The number of aliphatic hydroxyl groups excluding tert-OH is 1. The van der Waals surface area contributed by atoms with Crippen molar-refractivity contribution in [1.82, 2.24) is 0 Å². The molecule has 0 aromatic heterocycles. The predicted molar refractivity (Wildman–Crippen MR) is 40.2 cm³/mol. The second-order valence-electron chi connectivity index (χ2n) is 1.51. The fraction of sp³-hybridized carbons (Fsp3) is 0. The number of hydrogen-bond acceptors (Lipinski definition) is 1. The van der Waals surface area contributed by atoms with Crippen molar-refractivity contribution in [2.75, 3.05) is 0 Å². The molecule has 0 aliphatic heterocycles. The first kappa shape index (κ1) is 7.76. The van der Waals surface area contributed by atoms with E-state index in [1.54, 1.807) is 12.2 Å². The number of rotatable bonds is 3. The molecule has 1 heteroatoms. The minimum Gasteiger partial charge on any atom is -0.508 e. The van der Waals surface area contributed by atoms with Crippen LogP contribution in [0.25, 0.3) is 0 Å². The van der Waals surface area contributed by atoms with E-state index in [1.807, 2.05) is 0 Å². The van der Waals surface area contributed by atoms with Gasteiger partial charge in [0.2, 0.25) is 0 Å². The maximum atomic E-state index is 8.76. The Balaban J connectivity index is 4.32. The topological polar surface area (TPSA) is 20.2 Å². The highest BCUT2D eigenvalue weighted by molar-refractivity contribution is 5.34.